The van der Waals surface area contributed by atoms with E-state index in [-0.39, 0.29) is 11.8 Å². The molecular weight excluding hydrogens is 380 g/mol. The number of carbonyl (C=O) groups is 2. The third-order valence-corrected chi connectivity index (χ3v) is 4.65. The summed E-state index contributed by atoms with van der Waals surface area (Å²) in [4.78, 5) is 24.8. The van der Waals surface area contributed by atoms with E-state index in [4.69, 9.17) is 9.47 Å². The van der Waals surface area contributed by atoms with Crippen molar-refractivity contribution in [1.82, 2.24) is 10.6 Å². The number of hydrogen-bond donors (Lipinski definition) is 2. The molecule has 0 spiro atoms. The smallest absolute Gasteiger partial charge is 0.261 e. The zero-order valence-corrected chi connectivity index (χ0v) is 18.2. The fourth-order valence-corrected chi connectivity index (χ4v) is 2.81. The molecular formula is C24H32N2O4. The molecule has 2 atom stereocenters. The van der Waals surface area contributed by atoms with E-state index < -0.39 is 12.2 Å². The van der Waals surface area contributed by atoms with Gasteiger partial charge >= 0.3 is 0 Å². The minimum Gasteiger partial charge on any atom is -0.481 e. The van der Waals surface area contributed by atoms with Gasteiger partial charge in [0, 0.05) is 13.1 Å². The summed E-state index contributed by atoms with van der Waals surface area (Å²) in [6.07, 6.45) is -0.0451. The second kappa shape index (κ2) is 11.9. The predicted octanol–water partition coefficient (Wildman–Crippen LogP) is 3.55. The van der Waals surface area contributed by atoms with E-state index in [1.165, 1.54) is 0 Å². The summed E-state index contributed by atoms with van der Waals surface area (Å²) in [5.41, 5.74) is 2.26. The second-order valence-electron chi connectivity index (χ2n) is 7.24. The van der Waals surface area contributed by atoms with Crippen LogP contribution < -0.4 is 20.1 Å². The quantitative estimate of drug-likeness (QED) is 0.554. The summed E-state index contributed by atoms with van der Waals surface area (Å²) in [5, 5.41) is 5.63. The van der Waals surface area contributed by atoms with Crippen LogP contribution >= 0.6 is 0 Å². The Kier molecular flexibility index (Phi) is 9.19. The van der Waals surface area contributed by atoms with Gasteiger partial charge in [-0.2, -0.15) is 0 Å². The zero-order valence-electron chi connectivity index (χ0n) is 18.2. The molecule has 0 aliphatic rings. The van der Waals surface area contributed by atoms with Crippen LogP contribution in [0.4, 0.5) is 0 Å². The highest BCUT2D eigenvalue weighted by Crippen LogP contribution is 2.15. The summed E-state index contributed by atoms with van der Waals surface area (Å²) in [5.74, 6) is 0.926. The molecule has 162 valence electrons. The second-order valence-corrected chi connectivity index (χ2v) is 7.24. The highest BCUT2D eigenvalue weighted by Gasteiger charge is 2.20. The third-order valence-electron chi connectivity index (χ3n) is 4.65. The normalized spacial score (nSPS) is 12.5. The van der Waals surface area contributed by atoms with Crippen molar-refractivity contribution >= 4 is 11.8 Å². The molecule has 2 aromatic rings. The first kappa shape index (κ1) is 23.3. The minimum atomic E-state index is -0.573. The van der Waals surface area contributed by atoms with Gasteiger partial charge in [0.2, 0.25) is 0 Å². The Bertz CT molecular complexity index is 733. The molecule has 0 saturated heterocycles. The number of amides is 2. The van der Waals surface area contributed by atoms with Crippen molar-refractivity contribution < 1.29 is 19.1 Å². The van der Waals surface area contributed by atoms with Gasteiger partial charge in [-0.05, 0) is 51.0 Å². The standard InChI is InChI=1S/C24H32N2O4/c1-5-21(29-19-11-7-17(3)8-12-19)23(27)25-15-16-26-24(28)22(6-2)30-20-13-9-18(4)10-14-20/h7-14,21-22H,5-6,15-16H2,1-4H3,(H,25,27)(H,26,28)/t21-,22-/m0/s1. The molecule has 0 aromatic heterocycles. The number of hydrogen-bond acceptors (Lipinski definition) is 4. The van der Waals surface area contributed by atoms with Crippen molar-refractivity contribution in [2.24, 2.45) is 0 Å². The van der Waals surface area contributed by atoms with Crippen LogP contribution in [-0.2, 0) is 9.59 Å². The summed E-state index contributed by atoms with van der Waals surface area (Å²) >= 11 is 0. The molecule has 6 nitrogen and oxygen atoms in total. The summed E-state index contributed by atoms with van der Waals surface area (Å²) in [6, 6.07) is 15.2. The van der Waals surface area contributed by atoms with Crippen LogP contribution in [0.3, 0.4) is 0 Å². The van der Waals surface area contributed by atoms with Gasteiger partial charge in [0.1, 0.15) is 11.5 Å². The van der Waals surface area contributed by atoms with Crippen LogP contribution in [0.15, 0.2) is 48.5 Å². The summed E-state index contributed by atoms with van der Waals surface area (Å²) in [6.45, 7) is 8.43. The Balaban J connectivity index is 1.74. The number of rotatable bonds is 11. The average molecular weight is 413 g/mol. The van der Waals surface area contributed by atoms with Crippen LogP contribution in [0.25, 0.3) is 0 Å². The summed E-state index contributed by atoms with van der Waals surface area (Å²) in [7, 11) is 0. The Morgan fingerprint density at radius 2 is 1.03 bits per heavy atom. The maximum absolute atomic E-state index is 12.4. The lowest BCUT2D eigenvalue weighted by molar-refractivity contribution is -0.129. The molecule has 0 aliphatic heterocycles. The molecule has 0 fully saturated rings. The van der Waals surface area contributed by atoms with Gasteiger partial charge in [-0.1, -0.05) is 49.2 Å². The van der Waals surface area contributed by atoms with Crippen molar-refractivity contribution in [2.75, 3.05) is 13.1 Å². The zero-order chi connectivity index (χ0) is 21.9. The molecule has 2 N–H and O–H groups in total. The van der Waals surface area contributed by atoms with Crippen molar-refractivity contribution in [3.05, 3.63) is 59.7 Å². The van der Waals surface area contributed by atoms with Crippen molar-refractivity contribution in [2.45, 2.75) is 52.7 Å². The van der Waals surface area contributed by atoms with Gasteiger partial charge in [-0.15, -0.1) is 0 Å². The number of nitrogens with one attached hydrogen (secondary N) is 2. The first-order valence-electron chi connectivity index (χ1n) is 10.4. The van der Waals surface area contributed by atoms with E-state index in [1.54, 1.807) is 0 Å². The van der Waals surface area contributed by atoms with Gasteiger partial charge in [-0.3, -0.25) is 9.59 Å². The number of benzene rings is 2. The predicted molar refractivity (Wildman–Crippen MR) is 118 cm³/mol. The lowest BCUT2D eigenvalue weighted by atomic mass is 10.2. The summed E-state index contributed by atoms with van der Waals surface area (Å²) < 4.78 is 11.5. The largest absolute Gasteiger partial charge is 0.481 e. The van der Waals surface area contributed by atoms with Crippen LogP contribution in [0.2, 0.25) is 0 Å². The lowest BCUT2D eigenvalue weighted by Gasteiger charge is -2.19. The van der Waals surface area contributed by atoms with Gasteiger partial charge in [-0.25, -0.2) is 0 Å². The Hall–Kier alpha value is -3.02. The van der Waals surface area contributed by atoms with E-state index >= 15 is 0 Å². The molecule has 0 aliphatic carbocycles. The number of ether oxygens (including phenoxy) is 2. The fourth-order valence-electron chi connectivity index (χ4n) is 2.81. The Morgan fingerprint density at radius 1 is 0.700 bits per heavy atom. The SMILES string of the molecule is CC[C@H](Oc1ccc(C)cc1)C(=O)NCCNC(=O)[C@H](CC)Oc1ccc(C)cc1. The van der Waals surface area contributed by atoms with Crippen LogP contribution in [0, 0.1) is 13.8 Å². The van der Waals surface area contributed by atoms with Gasteiger partial charge in [0.15, 0.2) is 12.2 Å². The fraction of sp³-hybridized carbons (Fsp3) is 0.417. The Labute approximate surface area is 179 Å². The van der Waals surface area contributed by atoms with E-state index in [9.17, 15) is 9.59 Å². The monoisotopic (exact) mass is 412 g/mol. The van der Waals surface area contributed by atoms with Crippen molar-refractivity contribution in [3.8, 4) is 11.5 Å². The van der Waals surface area contributed by atoms with E-state index in [0.29, 0.717) is 37.4 Å². The molecule has 30 heavy (non-hydrogen) atoms. The molecule has 0 heterocycles. The number of carbonyl (C=O) groups excluding carboxylic acids is 2. The van der Waals surface area contributed by atoms with Crippen molar-refractivity contribution in [1.29, 1.82) is 0 Å². The molecule has 0 unspecified atom stereocenters. The van der Waals surface area contributed by atoms with Gasteiger partial charge < -0.3 is 20.1 Å². The molecule has 0 saturated carbocycles. The highest BCUT2D eigenvalue weighted by molar-refractivity contribution is 5.82. The molecule has 0 bridgehead atoms. The van der Waals surface area contributed by atoms with Crippen LogP contribution in [-0.4, -0.2) is 37.1 Å². The van der Waals surface area contributed by atoms with Crippen LogP contribution in [0.1, 0.15) is 37.8 Å². The number of aryl methyl sites for hydroxylation is 2. The maximum Gasteiger partial charge on any atom is 0.261 e. The van der Waals surface area contributed by atoms with Crippen molar-refractivity contribution in [3.63, 3.8) is 0 Å². The first-order chi connectivity index (χ1) is 14.4. The molecule has 2 rings (SSSR count). The molecule has 0 radical (unpaired) electrons. The molecule has 6 heteroatoms. The lowest BCUT2D eigenvalue weighted by Crippen LogP contribution is -2.44. The van der Waals surface area contributed by atoms with Gasteiger partial charge in [0.05, 0.1) is 0 Å². The molecule has 2 aromatic carbocycles. The minimum absolute atomic E-state index is 0.199. The molecule has 2 amide bonds. The highest BCUT2D eigenvalue weighted by atomic mass is 16.5. The Morgan fingerprint density at radius 3 is 1.33 bits per heavy atom. The maximum atomic E-state index is 12.4. The van der Waals surface area contributed by atoms with E-state index in [1.807, 2.05) is 76.2 Å². The topological polar surface area (TPSA) is 76.7 Å². The third kappa shape index (κ3) is 7.43. The van der Waals surface area contributed by atoms with Crippen LogP contribution in [0.5, 0.6) is 11.5 Å². The van der Waals surface area contributed by atoms with E-state index in [0.717, 1.165) is 11.1 Å². The van der Waals surface area contributed by atoms with Gasteiger partial charge in [0.25, 0.3) is 11.8 Å². The average Bonchev–Trinajstić information content (AvgIpc) is 2.75. The first-order valence-corrected chi connectivity index (χ1v) is 10.4. The van der Waals surface area contributed by atoms with E-state index in [2.05, 4.69) is 10.6 Å².